The molecule has 0 saturated heterocycles. The molecule has 0 spiro atoms. The van der Waals surface area contributed by atoms with Crippen LogP contribution >= 0.6 is 0 Å². The van der Waals surface area contributed by atoms with Gasteiger partial charge in [0.1, 0.15) is 0 Å². The van der Waals surface area contributed by atoms with Gasteiger partial charge in [-0.2, -0.15) is 0 Å². The van der Waals surface area contributed by atoms with Crippen LogP contribution in [0.5, 0.6) is 0 Å². The van der Waals surface area contributed by atoms with E-state index in [4.69, 9.17) is 10.2 Å². The summed E-state index contributed by atoms with van der Waals surface area (Å²) in [6.45, 7) is 6.10. The van der Waals surface area contributed by atoms with Crippen molar-refractivity contribution in [3.05, 3.63) is 24.8 Å². The number of hydrogen-bond acceptors (Lipinski definition) is 3. The molecule has 0 aromatic rings. The van der Waals surface area contributed by atoms with Crippen LogP contribution in [0.1, 0.15) is 6.42 Å². The van der Waals surface area contributed by atoms with Gasteiger partial charge in [0.15, 0.2) is 0 Å². The molecule has 6 nitrogen and oxygen atoms in total. The van der Waals surface area contributed by atoms with E-state index in [-0.39, 0.29) is 5.57 Å². The molecule has 4 N–H and O–H groups in total. The highest BCUT2D eigenvalue weighted by atomic mass is 16.4. The minimum absolute atomic E-state index is 0.303. The maximum Gasteiger partial charge on any atom is 0.331 e. The van der Waals surface area contributed by atoms with Crippen LogP contribution in [0.4, 0.5) is 0 Å². The van der Waals surface area contributed by atoms with E-state index in [0.29, 0.717) is 0 Å². The quantitative estimate of drug-likeness (QED) is 0.542. The van der Waals surface area contributed by atoms with Crippen molar-refractivity contribution in [2.75, 3.05) is 0 Å². The van der Waals surface area contributed by atoms with E-state index in [9.17, 15) is 14.4 Å². The molecule has 6 heteroatoms. The Morgan fingerprint density at radius 3 is 1.71 bits per heavy atom. The first-order valence-corrected chi connectivity index (χ1v) is 3.36. The smallest absolute Gasteiger partial charge is 0.331 e. The number of carbonyl (C=O) groups is 3. The number of rotatable bonds is 4. The molecule has 0 heterocycles. The SMILES string of the molecule is C=C(CC(=O)O)C(=O)O.C=CC(N)=O. The molecule has 0 bridgehead atoms. The molecular weight excluding hydrogens is 190 g/mol. The molecule has 14 heavy (non-hydrogen) atoms. The highest BCUT2D eigenvalue weighted by molar-refractivity contribution is 5.91. The number of nitrogens with two attached hydrogens (primary N) is 1. The molecule has 0 aliphatic heterocycles. The fraction of sp³-hybridized carbons (Fsp3) is 0.125. The zero-order chi connectivity index (χ0) is 11.7. The van der Waals surface area contributed by atoms with Gasteiger partial charge < -0.3 is 15.9 Å². The van der Waals surface area contributed by atoms with Crippen molar-refractivity contribution >= 4 is 17.8 Å². The topological polar surface area (TPSA) is 118 Å². The van der Waals surface area contributed by atoms with Crippen LogP contribution < -0.4 is 5.73 Å². The summed E-state index contributed by atoms with van der Waals surface area (Å²) in [6.07, 6.45) is 0.551. The molecule has 0 fully saturated rings. The third-order valence-electron chi connectivity index (χ3n) is 0.868. The molecule has 78 valence electrons. The number of aliphatic carboxylic acids is 2. The maximum atomic E-state index is 9.87. The van der Waals surface area contributed by atoms with Crippen LogP contribution in [0.2, 0.25) is 0 Å². The van der Waals surface area contributed by atoms with Crippen molar-refractivity contribution in [3.63, 3.8) is 0 Å². The average molecular weight is 201 g/mol. The minimum atomic E-state index is -1.27. The number of carboxylic acid groups (broad SMARTS) is 2. The summed E-state index contributed by atoms with van der Waals surface area (Å²) in [5, 5.41) is 16.1. The Balaban J connectivity index is 0. The van der Waals surface area contributed by atoms with E-state index in [1.807, 2.05) is 0 Å². The maximum absolute atomic E-state index is 9.87. The number of primary amides is 1. The molecule has 0 aliphatic rings. The van der Waals surface area contributed by atoms with Crippen molar-refractivity contribution < 1.29 is 24.6 Å². The van der Waals surface area contributed by atoms with Crippen molar-refractivity contribution in [3.8, 4) is 0 Å². The Kier molecular flexibility index (Phi) is 7.76. The zero-order valence-corrected chi connectivity index (χ0v) is 7.40. The van der Waals surface area contributed by atoms with E-state index in [1.165, 1.54) is 0 Å². The normalized spacial score (nSPS) is 7.71. The Labute approximate surface area is 80.3 Å². The summed E-state index contributed by atoms with van der Waals surface area (Å²) < 4.78 is 0. The summed E-state index contributed by atoms with van der Waals surface area (Å²) in [6, 6.07) is 0. The van der Waals surface area contributed by atoms with Crippen LogP contribution in [0.15, 0.2) is 24.8 Å². The van der Waals surface area contributed by atoms with Crippen LogP contribution in [0.25, 0.3) is 0 Å². The highest BCUT2D eigenvalue weighted by Crippen LogP contribution is 1.95. The number of amides is 1. The monoisotopic (exact) mass is 201 g/mol. The lowest BCUT2D eigenvalue weighted by Gasteiger charge is -1.91. The second kappa shape index (κ2) is 7.53. The van der Waals surface area contributed by atoms with Crippen LogP contribution in [-0.4, -0.2) is 28.1 Å². The molecule has 0 aromatic carbocycles. The summed E-state index contributed by atoms with van der Waals surface area (Å²) in [5.74, 6) is -2.93. The van der Waals surface area contributed by atoms with Gasteiger partial charge in [-0.15, -0.1) is 0 Å². The molecule has 0 rings (SSSR count). The molecule has 0 radical (unpaired) electrons. The van der Waals surface area contributed by atoms with Crippen molar-refractivity contribution in [2.24, 2.45) is 5.73 Å². The number of carboxylic acids is 2. The zero-order valence-electron chi connectivity index (χ0n) is 7.40. The fourth-order valence-electron chi connectivity index (χ4n) is 0.258. The molecule has 0 aliphatic carbocycles. The second-order valence-corrected chi connectivity index (χ2v) is 2.09. The molecule has 0 saturated carbocycles. The van der Waals surface area contributed by atoms with Gasteiger partial charge in [0.05, 0.1) is 6.42 Å². The Morgan fingerprint density at radius 2 is 1.64 bits per heavy atom. The molecule has 0 unspecified atom stereocenters. The van der Waals surface area contributed by atoms with Gasteiger partial charge in [0.2, 0.25) is 5.91 Å². The van der Waals surface area contributed by atoms with Crippen molar-refractivity contribution in [2.45, 2.75) is 6.42 Å². The fourth-order valence-corrected chi connectivity index (χ4v) is 0.258. The lowest BCUT2D eigenvalue weighted by Crippen LogP contribution is -2.04. The van der Waals surface area contributed by atoms with Gasteiger partial charge in [-0.1, -0.05) is 13.2 Å². The number of carbonyl (C=O) groups excluding carboxylic acids is 1. The van der Waals surface area contributed by atoms with E-state index in [2.05, 4.69) is 18.9 Å². The van der Waals surface area contributed by atoms with Gasteiger partial charge in [-0.25, -0.2) is 4.79 Å². The van der Waals surface area contributed by atoms with Crippen molar-refractivity contribution in [1.29, 1.82) is 0 Å². The first-order chi connectivity index (χ1) is 6.31. The summed E-state index contributed by atoms with van der Waals surface area (Å²) >= 11 is 0. The van der Waals surface area contributed by atoms with Crippen LogP contribution in [0.3, 0.4) is 0 Å². The van der Waals surface area contributed by atoms with Crippen LogP contribution in [-0.2, 0) is 14.4 Å². The number of hydrogen-bond donors (Lipinski definition) is 3. The standard InChI is InChI=1S/C5H6O4.C3H5NO/c1-3(5(8)9)2-4(6)7;1-2-3(4)5/h1-2H2,(H,6,7)(H,8,9);2H,1H2,(H2,4,5). The van der Waals surface area contributed by atoms with Gasteiger partial charge >= 0.3 is 11.9 Å². The first kappa shape index (κ1) is 14.4. The largest absolute Gasteiger partial charge is 0.481 e. The molecule has 0 atom stereocenters. The lowest BCUT2D eigenvalue weighted by atomic mass is 10.2. The first-order valence-electron chi connectivity index (χ1n) is 3.36. The van der Waals surface area contributed by atoms with E-state index >= 15 is 0 Å². The van der Waals surface area contributed by atoms with Crippen LogP contribution in [0, 0.1) is 0 Å². The predicted octanol–water partition coefficient (Wildman–Crippen LogP) is -0.240. The Morgan fingerprint density at radius 1 is 1.29 bits per heavy atom. The average Bonchev–Trinajstić information content (AvgIpc) is 2.04. The summed E-state index contributed by atoms with van der Waals surface area (Å²) in [4.78, 5) is 29.1. The van der Waals surface area contributed by atoms with Gasteiger partial charge in [-0.05, 0) is 6.08 Å². The van der Waals surface area contributed by atoms with Crippen molar-refractivity contribution in [1.82, 2.24) is 0 Å². The summed E-state index contributed by atoms with van der Waals surface area (Å²) in [7, 11) is 0. The highest BCUT2D eigenvalue weighted by Gasteiger charge is 2.07. The molecular formula is C8H11NO5. The van der Waals surface area contributed by atoms with Gasteiger partial charge in [0.25, 0.3) is 0 Å². The van der Waals surface area contributed by atoms with Gasteiger partial charge in [0, 0.05) is 5.57 Å². The minimum Gasteiger partial charge on any atom is -0.481 e. The van der Waals surface area contributed by atoms with E-state index in [0.717, 1.165) is 6.08 Å². The Hall–Kier alpha value is -2.11. The second-order valence-electron chi connectivity index (χ2n) is 2.09. The Bertz CT molecular complexity index is 269. The van der Waals surface area contributed by atoms with E-state index in [1.54, 1.807) is 0 Å². The van der Waals surface area contributed by atoms with E-state index < -0.39 is 24.3 Å². The summed E-state index contributed by atoms with van der Waals surface area (Å²) in [5.41, 5.74) is 4.23. The molecule has 0 aromatic heterocycles. The lowest BCUT2D eigenvalue weighted by molar-refractivity contribution is -0.139. The van der Waals surface area contributed by atoms with Gasteiger partial charge in [-0.3, -0.25) is 9.59 Å². The third-order valence-corrected chi connectivity index (χ3v) is 0.868. The third kappa shape index (κ3) is 12.6. The molecule has 1 amide bonds. The predicted molar refractivity (Wildman–Crippen MR) is 48.4 cm³/mol.